The minimum Gasteiger partial charge on any atom is -0.370 e. The Bertz CT molecular complexity index is 397. The molecule has 0 rings (SSSR count). The summed E-state index contributed by atoms with van der Waals surface area (Å²) in [5.74, 6) is -1.58. The fraction of sp³-hybridized carbons (Fsp3) is 0.818. The van der Waals surface area contributed by atoms with E-state index in [0.29, 0.717) is 6.42 Å². The molecule has 0 aliphatic carbocycles. The van der Waals surface area contributed by atoms with Crippen molar-refractivity contribution in [3.63, 3.8) is 0 Å². The maximum Gasteiger partial charge on any atom is 0.324 e. The van der Waals surface area contributed by atoms with Crippen LogP contribution in [-0.2, 0) is 19.8 Å². The van der Waals surface area contributed by atoms with Gasteiger partial charge in [0.2, 0.25) is 11.8 Å². The third-order valence-electron chi connectivity index (χ3n) is 2.56. The third kappa shape index (κ3) is 9.40. The summed E-state index contributed by atoms with van der Waals surface area (Å²) < 4.78 is 34.3. The van der Waals surface area contributed by atoms with Crippen LogP contribution in [0.25, 0.3) is 0 Å². The highest BCUT2D eigenvalue weighted by atomic mass is 32.3. The molecule has 0 aromatic rings. The molecule has 0 aromatic carbocycles. The first-order chi connectivity index (χ1) is 8.77. The van der Waals surface area contributed by atoms with Crippen LogP contribution in [0.1, 0.15) is 51.9 Å². The number of amides is 2. The van der Waals surface area contributed by atoms with Gasteiger partial charge >= 0.3 is 10.2 Å². The largest absolute Gasteiger partial charge is 0.370 e. The highest BCUT2D eigenvalue weighted by Gasteiger charge is 2.28. The molecule has 8 heteroatoms. The predicted molar refractivity (Wildman–Crippen MR) is 69.1 cm³/mol. The Kier molecular flexibility index (Phi) is 8.29. The van der Waals surface area contributed by atoms with Gasteiger partial charge in [-0.25, -0.2) is 0 Å². The van der Waals surface area contributed by atoms with Gasteiger partial charge < -0.3 is 11.1 Å². The van der Waals surface area contributed by atoms with E-state index in [1.54, 1.807) is 0 Å². The number of primary amides is 1. The summed E-state index contributed by atoms with van der Waals surface area (Å²) in [6, 6.07) is 0. The van der Waals surface area contributed by atoms with Gasteiger partial charge in [-0.2, -0.15) is 8.42 Å². The van der Waals surface area contributed by atoms with Crippen molar-refractivity contribution < 1.29 is 21.9 Å². The van der Waals surface area contributed by atoms with Gasteiger partial charge in [-0.3, -0.25) is 9.59 Å². The van der Waals surface area contributed by atoms with E-state index in [9.17, 15) is 21.9 Å². The Hall–Kier alpha value is -1.18. The molecule has 0 saturated heterocycles. The topological polar surface area (TPSA) is 106 Å². The van der Waals surface area contributed by atoms with Crippen molar-refractivity contribution in [3.05, 3.63) is 0 Å². The zero-order chi connectivity index (χ0) is 14.9. The number of carbonyl (C=O) groups is 2. The molecule has 0 saturated carbocycles. The minimum atomic E-state index is -5.03. The standard InChI is InChI=1S/C11H21FN2O4S/c1-2-3-4-5-6-7-10(16)14-11(8-9(13)15)19(12,17)18/h11H,2-8H2,1H3,(H2,13,15)(H,14,16)/t11-/m0/s1. The van der Waals surface area contributed by atoms with Gasteiger partial charge in [0, 0.05) is 6.42 Å². The molecule has 6 nitrogen and oxygen atoms in total. The fourth-order valence-electron chi connectivity index (χ4n) is 1.54. The smallest absolute Gasteiger partial charge is 0.324 e. The molecule has 2 amide bonds. The average Bonchev–Trinajstić information content (AvgIpc) is 2.26. The molecule has 0 aliphatic heterocycles. The first kappa shape index (κ1) is 17.8. The second kappa shape index (κ2) is 8.84. The molecular weight excluding hydrogens is 275 g/mol. The van der Waals surface area contributed by atoms with Gasteiger partial charge in [0.1, 0.15) is 0 Å². The Morgan fingerprint density at radius 2 is 1.79 bits per heavy atom. The van der Waals surface area contributed by atoms with E-state index in [2.05, 4.69) is 6.92 Å². The van der Waals surface area contributed by atoms with Crippen molar-refractivity contribution >= 4 is 22.0 Å². The number of carbonyl (C=O) groups excluding carboxylic acids is 2. The first-order valence-electron chi connectivity index (χ1n) is 6.28. The van der Waals surface area contributed by atoms with E-state index >= 15 is 0 Å². The molecule has 1 atom stereocenters. The van der Waals surface area contributed by atoms with Crippen LogP contribution in [0.2, 0.25) is 0 Å². The van der Waals surface area contributed by atoms with E-state index in [-0.39, 0.29) is 6.42 Å². The van der Waals surface area contributed by atoms with E-state index in [4.69, 9.17) is 5.73 Å². The second-order valence-electron chi connectivity index (χ2n) is 4.37. The van der Waals surface area contributed by atoms with Crippen molar-refractivity contribution in [2.45, 2.75) is 57.2 Å². The van der Waals surface area contributed by atoms with Crippen LogP contribution in [0, 0.1) is 0 Å². The van der Waals surface area contributed by atoms with Crippen molar-refractivity contribution in [1.29, 1.82) is 0 Å². The number of hydrogen-bond acceptors (Lipinski definition) is 4. The van der Waals surface area contributed by atoms with Crippen LogP contribution in [0.5, 0.6) is 0 Å². The van der Waals surface area contributed by atoms with Crippen LogP contribution in [-0.4, -0.2) is 25.6 Å². The normalized spacial score (nSPS) is 12.9. The predicted octanol–water partition coefficient (Wildman–Crippen LogP) is 0.964. The van der Waals surface area contributed by atoms with Gasteiger partial charge in [-0.1, -0.05) is 32.6 Å². The summed E-state index contributed by atoms with van der Waals surface area (Å²) in [5, 5.41) is 0.0951. The average molecular weight is 296 g/mol. The van der Waals surface area contributed by atoms with Crippen molar-refractivity contribution in [3.8, 4) is 0 Å². The summed E-state index contributed by atoms with van der Waals surface area (Å²) in [5.41, 5.74) is 4.80. The Morgan fingerprint density at radius 1 is 1.21 bits per heavy atom. The summed E-state index contributed by atoms with van der Waals surface area (Å²) >= 11 is 0. The molecule has 0 aliphatic rings. The lowest BCUT2D eigenvalue weighted by atomic mass is 10.1. The van der Waals surface area contributed by atoms with Gasteiger partial charge in [0.05, 0.1) is 6.42 Å². The first-order valence-corrected chi connectivity index (χ1v) is 7.73. The quantitative estimate of drug-likeness (QED) is 0.462. The number of unbranched alkanes of at least 4 members (excludes halogenated alkanes) is 4. The number of nitrogens with two attached hydrogens (primary N) is 1. The molecule has 0 unspecified atom stereocenters. The van der Waals surface area contributed by atoms with Crippen LogP contribution in [0.4, 0.5) is 3.89 Å². The molecule has 0 bridgehead atoms. The summed E-state index contributed by atoms with van der Waals surface area (Å²) in [6.07, 6.45) is 3.94. The number of rotatable bonds is 10. The maximum atomic E-state index is 12.8. The van der Waals surface area contributed by atoms with Crippen LogP contribution >= 0.6 is 0 Å². The fourth-order valence-corrected chi connectivity index (χ4v) is 2.18. The second-order valence-corrected chi connectivity index (χ2v) is 5.89. The Labute approximate surface area is 113 Å². The van der Waals surface area contributed by atoms with Crippen LogP contribution in [0.3, 0.4) is 0 Å². The van der Waals surface area contributed by atoms with Crippen LogP contribution in [0.15, 0.2) is 0 Å². The summed E-state index contributed by atoms with van der Waals surface area (Å²) in [7, 11) is -5.03. The van der Waals surface area contributed by atoms with Gasteiger partial charge in [-0.15, -0.1) is 3.89 Å². The Balaban J connectivity index is 4.14. The lowest BCUT2D eigenvalue weighted by Gasteiger charge is -2.13. The molecule has 0 fully saturated rings. The molecule has 3 N–H and O–H groups in total. The van der Waals surface area contributed by atoms with Crippen LogP contribution < -0.4 is 11.1 Å². The van der Waals surface area contributed by atoms with Crippen molar-refractivity contribution in [2.24, 2.45) is 5.73 Å². The van der Waals surface area contributed by atoms with Crippen molar-refractivity contribution in [1.82, 2.24) is 5.32 Å². The van der Waals surface area contributed by atoms with Gasteiger partial charge in [0.25, 0.3) is 0 Å². The van der Waals surface area contributed by atoms with E-state index in [0.717, 1.165) is 25.7 Å². The summed E-state index contributed by atoms with van der Waals surface area (Å²) in [4.78, 5) is 22.0. The molecule has 0 radical (unpaired) electrons. The lowest BCUT2D eigenvalue weighted by Crippen LogP contribution is -2.41. The number of nitrogens with one attached hydrogen (secondary N) is 1. The zero-order valence-electron chi connectivity index (χ0n) is 11.0. The third-order valence-corrected chi connectivity index (χ3v) is 3.52. The number of halogens is 1. The maximum absolute atomic E-state index is 12.8. The molecule has 0 heterocycles. The summed E-state index contributed by atoms with van der Waals surface area (Å²) in [6.45, 7) is 2.06. The van der Waals surface area contributed by atoms with E-state index in [1.807, 2.05) is 5.32 Å². The zero-order valence-corrected chi connectivity index (χ0v) is 11.8. The van der Waals surface area contributed by atoms with Gasteiger partial charge in [-0.05, 0) is 6.42 Å². The van der Waals surface area contributed by atoms with Crippen molar-refractivity contribution in [2.75, 3.05) is 0 Å². The molecule has 0 spiro atoms. The monoisotopic (exact) mass is 296 g/mol. The van der Waals surface area contributed by atoms with Gasteiger partial charge in [0.15, 0.2) is 5.37 Å². The highest BCUT2D eigenvalue weighted by molar-refractivity contribution is 7.87. The number of hydrogen-bond donors (Lipinski definition) is 2. The van der Waals surface area contributed by atoms with E-state index in [1.165, 1.54) is 0 Å². The SMILES string of the molecule is CCCCCCCC(=O)N[C@H](CC(N)=O)S(=O)(=O)F. The lowest BCUT2D eigenvalue weighted by molar-refractivity contribution is -0.122. The van der Waals surface area contributed by atoms with E-state index < -0.39 is 33.8 Å². The molecule has 0 aromatic heterocycles. The molecular formula is C11H21FN2O4S. The molecule has 19 heavy (non-hydrogen) atoms. The molecule has 112 valence electrons. The Morgan fingerprint density at radius 3 is 2.26 bits per heavy atom. The minimum absolute atomic E-state index is 0.106. The highest BCUT2D eigenvalue weighted by Crippen LogP contribution is 2.08.